The molecule has 11 nitrogen and oxygen atoms in total. The van der Waals surface area contributed by atoms with Crippen LogP contribution in [-0.4, -0.2) is 83.0 Å². The number of nitrogens with zero attached hydrogens (tertiary/aromatic N) is 1. The lowest BCUT2D eigenvalue weighted by molar-refractivity contribution is -0.149. The summed E-state index contributed by atoms with van der Waals surface area (Å²) in [7, 11) is 0. The number of carbonyl (C=O) groups is 5. The Bertz CT molecular complexity index is 943. The fraction of sp³-hybridized carbons (Fsp3) is 0.759. The number of ether oxygens (including phenoxy) is 2. The summed E-state index contributed by atoms with van der Waals surface area (Å²) >= 11 is 0. The average Bonchev–Trinajstić information content (AvgIpc) is 3.19. The molecule has 0 spiro atoms. The fourth-order valence-electron chi connectivity index (χ4n) is 4.36. The molecule has 4 amide bonds. The van der Waals surface area contributed by atoms with Gasteiger partial charge in [0.15, 0.2) is 0 Å². The van der Waals surface area contributed by atoms with Crippen molar-refractivity contribution in [1.82, 2.24) is 20.9 Å². The predicted octanol–water partition coefficient (Wildman–Crippen LogP) is 2.87. The second kappa shape index (κ2) is 14.1. The maximum absolute atomic E-state index is 14.0. The van der Waals surface area contributed by atoms with Gasteiger partial charge in [0.05, 0.1) is 17.7 Å². The maximum atomic E-state index is 14.0. The molecule has 1 rings (SSSR count). The molecule has 11 heteroatoms. The first-order valence-electron chi connectivity index (χ1n) is 13.9. The summed E-state index contributed by atoms with van der Waals surface area (Å²) in [6, 6.07) is -3.17. The third-order valence-electron chi connectivity index (χ3n) is 6.01. The Morgan fingerprint density at radius 3 is 2.05 bits per heavy atom. The minimum absolute atomic E-state index is 0.114. The Balaban J connectivity index is 3.36. The van der Waals surface area contributed by atoms with Crippen LogP contribution < -0.4 is 16.0 Å². The fourth-order valence-corrected chi connectivity index (χ4v) is 4.36. The molecule has 3 N–H and O–H groups in total. The Morgan fingerprint density at radius 1 is 0.975 bits per heavy atom. The van der Waals surface area contributed by atoms with Crippen molar-refractivity contribution < 1.29 is 33.4 Å². The summed E-state index contributed by atoms with van der Waals surface area (Å²) in [5, 5.41) is 7.84. The minimum atomic E-state index is -1.08. The number of rotatable bonds is 11. The van der Waals surface area contributed by atoms with Gasteiger partial charge in [0.2, 0.25) is 17.6 Å². The van der Waals surface area contributed by atoms with Gasteiger partial charge in [-0.1, -0.05) is 40.2 Å². The summed E-state index contributed by atoms with van der Waals surface area (Å²) in [6.07, 6.45) is 1.18. The highest BCUT2D eigenvalue weighted by molar-refractivity contribution is 6.38. The predicted molar refractivity (Wildman–Crippen MR) is 152 cm³/mol. The molecule has 0 aromatic carbocycles. The quantitative estimate of drug-likeness (QED) is 0.258. The first kappa shape index (κ1) is 35.1. The van der Waals surface area contributed by atoms with Crippen molar-refractivity contribution in [1.29, 1.82) is 0 Å². The van der Waals surface area contributed by atoms with Crippen LogP contribution in [0.25, 0.3) is 0 Å². The van der Waals surface area contributed by atoms with Gasteiger partial charge in [-0.3, -0.25) is 19.2 Å². The van der Waals surface area contributed by atoms with Gasteiger partial charge in [0.25, 0.3) is 5.91 Å². The number of amides is 4. The third kappa shape index (κ3) is 10.9. The van der Waals surface area contributed by atoms with Crippen LogP contribution in [0.2, 0.25) is 0 Å². The van der Waals surface area contributed by atoms with E-state index in [1.54, 1.807) is 41.5 Å². The highest BCUT2D eigenvalue weighted by Crippen LogP contribution is 2.30. The molecule has 1 aliphatic rings. The number of carbonyl (C=O) groups excluding carboxylic acids is 5. The number of nitrogens with one attached hydrogen (secondary N) is 3. The molecule has 40 heavy (non-hydrogen) atoms. The zero-order valence-corrected chi connectivity index (χ0v) is 25.9. The van der Waals surface area contributed by atoms with E-state index in [1.807, 2.05) is 27.7 Å². The second-order valence-electron chi connectivity index (χ2n) is 13.2. The van der Waals surface area contributed by atoms with E-state index in [0.29, 0.717) is 12.8 Å². The van der Waals surface area contributed by atoms with Gasteiger partial charge in [-0.05, 0) is 59.8 Å². The number of ketones is 1. The van der Waals surface area contributed by atoms with Gasteiger partial charge >= 0.3 is 6.09 Å². The summed E-state index contributed by atoms with van der Waals surface area (Å²) in [5.74, 6) is -2.68. The van der Waals surface area contributed by atoms with E-state index in [4.69, 9.17) is 9.47 Å². The zero-order valence-electron chi connectivity index (χ0n) is 25.9. The van der Waals surface area contributed by atoms with E-state index in [9.17, 15) is 24.0 Å². The van der Waals surface area contributed by atoms with Crippen molar-refractivity contribution in [3.8, 4) is 0 Å². The van der Waals surface area contributed by atoms with Crippen molar-refractivity contribution >= 4 is 29.6 Å². The lowest BCUT2D eigenvalue weighted by Crippen LogP contribution is -2.61. The molecule has 4 atom stereocenters. The molecule has 1 saturated heterocycles. The minimum Gasteiger partial charge on any atom is -0.444 e. The van der Waals surface area contributed by atoms with Gasteiger partial charge in [-0.15, -0.1) is 6.58 Å². The molecule has 1 heterocycles. The Kier molecular flexibility index (Phi) is 12.4. The molecule has 0 aliphatic carbocycles. The normalized spacial score (nSPS) is 19.3. The van der Waals surface area contributed by atoms with Crippen molar-refractivity contribution in [2.75, 3.05) is 13.1 Å². The molecule has 0 bridgehead atoms. The smallest absolute Gasteiger partial charge is 0.408 e. The van der Waals surface area contributed by atoms with Crippen LogP contribution in [0.15, 0.2) is 12.7 Å². The molecule has 0 saturated carbocycles. The first-order valence-corrected chi connectivity index (χ1v) is 13.9. The van der Waals surface area contributed by atoms with Crippen LogP contribution >= 0.6 is 0 Å². The summed E-state index contributed by atoms with van der Waals surface area (Å²) in [5.41, 5.74) is -2.11. The molecule has 0 radical (unpaired) electrons. The Labute approximate surface area is 239 Å². The third-order valence-corrected chi connectivity index (χ3v) is 6.01. The topological polar surface area (TPSA) is 143 Å². The molecular formula is C29H50N4O7. The van der Waals surface area contributed by atoms with Gasteiger partial charge in [-0.2, -0.15) is 0 Å². The average molecular weight is 567 g/mol. The van der Waals surface area contributed by atoms with Crippen molar-refractivity contribution in [3.63, 3.8) is 0 Å². The number of hydrogen-bond donors (Lipinski definition) is 3. The van der Waals surface area contributed by atoms with E-state index in [1.165, 1.54) is 11.0 Å². The van der Waals surface area contributed by atoms with Gasteiger partial charge in [0, 0.05) is 13.1 Å². The Morgan fingerprint density at radius 2 is 1.57 bits per heavy atom. The van der Waals surface area contributed by atoms with Gasteiger partial charge < -0.3 is 30.3 Å². The number of Topliss-reactive ketones (excluding diaryl/α,β-unsaturated/α-hetero) is 1. The van der Waals surface area contributed by atoms with E-state index in [0.717, 1.165) is 0 Å². The van der Waals surface area contributed by atoms with E-state index in [-0.39, 0.29) is 19.5 Å². The largest absolute Gasteiger partial charge is 0.444 e. The molecular weight excluding hydrogens is 516 g/mol. The number of likely N-dealkylation sites (tertiary alicyclic amines) is 1. The van der Waals surface area contributed by atoms with E-state index >= 15 is 0 Å². The van der Waals surface area contributed by atoms with Crippen LogP contribution in [-0.2, 0) is 28.7 Å². The molecule has 1 fully saturated rings. The lowest BCUT2D eigenvalue weighted by atomic mass is 9.85. The standard InChI is InChI=1S/C29H50N4O7/c1-12-14-18(21(34)24(36)30-16-13-2)31-23(35)20-19(39-28(6,7)8)15-17-33(20)25(37)22(27(3,4)5)32-26(38)40-29(9,10)11/h13,18-20,22H,2,12,14-17H2,1,3-11H3,(H,30,36)(H,31,35)(H,32,38)/t18?,19-,20?,22?/m0/s1. The highest BCUT2D eigenvalue weighted by Gasteiger charge is 2.48. The monoisotopic (exact) mass is 566 g/mol. The van der Waals surface area contributed by atoms with Gasteiger partial charge in [0.1, 0.15) is 17.7 Å². The lowest BCUT2D eigenvalue weighted by Gasteiger charge is -2.37. The highest BCUT2D eigenvalue weighted by atomic mass is 16.6. The summed E-state index contributed by atoms with van der Waals surface area (Å²) in [4.78, 5) is 67.0. The maximum Gasteiger partial charge on any atom is 0.408 e. The SMILES string of the molecule is C=CCNC(=O)C(=O)C(CCC)NC(=O)C1[C@@H](OC(C)(C)C)CCN1C(=O)C(NC(=O)OC(C)(C)C)C(C)(C)C. The number of hydrogen-bond acceptors (Lipinski definition) is 7. The van der Waals surface area contributed by atoms with E-state index in [2.05, 4.69) is 22.5 Å². The number of alkyl carbamates (subject to hydrolysis) is 1. The van der Waals surface area contributed by atoms with Crippen molar-refractivity contribution in [3.05, 3.63) is 12.7 Å². The molecule has 0 aromatic rings. The second-order valence-corrected chi connectivity index (χ2v) is 13.2. The molecule has 1 aliphatic heterocycles. The van der Waals surface area contributed by atoms with Crippen LogP contribution in [0.5, 0.6) is 0 Å². The van der Waals surface area contributed by atoms with Crippen molar-refractivity contribution in [2.45, 2.75) is 124 Å². The summed E-state index contributed by atoms with van der Waals surface area (Å²) in [6.45, 7) is 21.8. The van der Waals surface area contributed by atoms with Crippen LogP contribution in [0, 0.1) is 5.41 Å². The van der Waals surface area contributed by atoms with Crippen LogP contribution in [0.1, 0.15) is 88.5 Å². The van der Waals surface area contributed by atoms with E-state index < -0.39 is 70.4 Å². The zero-order chi connectivity index (χ0) is 31.1. The summed E-state index contributed by atoms with van der Waals surface area (Å²) < 4.78 is 11.6. The molecule has 3 unspecified atom stereocenters. The van der Waals surface area contributed by atoms with Crippen molar-refractivity contribution in [2.24, 2.45) is 5.41 Å². The van der Waals surface area contributed by atoms with Gasteiger partial charge in [-0.25, -0.2) is 4.79 Å². The first-order chi connectivity index (χ1) is 18.2. The van der Waals surface area contributed by atoms with Crippen LogP contribution in [0.4, 0.5) is 4.79 Å². The van der Waals surface area contributed by atoms with Crippen LogP contribution in [0.3, 0.4) is 0 Å². The Hall–Kier alpha value is -2.95. The molecule has 228 valence electrons. The molecule has 0 aromatic heterocycles.